The molecule has 0 aliphatic carbocycles. The first-order chi connectivity index (χ1) is 9.17. The molecule has 0 bridgehead atoms. The van der Waals surface area contributed by atoms with Crippen LogP contribution < -0.4 is 4.74 Å². The molecule has 4 nitrogen and oxygen atoms in total. The quantitative estimate of drug-likeness (QED) is 0.769. The molecule has 2 aromatic rings. The highest BCUT2D eigenvalue weighted by atomic mass is 16.6. The van der Waals surface area contributed by atoms with Crippen LogP contribution in [0, 0.1) is 0 Å². The second kappa shape index (κ2) is 5.78. The molecule has 0 saturated carbocycles. The molecule has 0 spiro atoms. The molecule has 0 fully saturated rings. The van der Waals surface area contributed by atoms with E-state index in [4.69, 9.17) is 13.9 Å². The van der Waals surface area contributed by atoms with Crippen LogP contribution in [0.4, 0.5) is 0 Å². The fourth-order valence-electron chi connectivity index (χ4n) is 1.75. The molecule has 0 amide bonds. The van der Waals surface area contributed by atoms with E-state index in [2.05, 4.69) is 0 Å². The van der Waals surface area contributed by atoms with Gasteiger partial charge in [-0.2, -0.15) is 0 Å². The Morgan fingerprint density at radius 3 is 2.74 bits per heavy atom. The summed E-state index contributed by atoms with van der Waals surface area (Å²) in [6.45, 7) is 6.04. The van der Waals surface area contributed by atoms with Gasteiger partial charge in [-0.1, -0.05) is 19.1 Å². The minimum atomic E-state index is -0.489. The summed E-state index contributed by atoms with van der Waals surface area (Å²) in [7, 11) is 0. The van der Waals surface area contributed by atoms with Crippen molar-refractivity contribution < 1.29 is 18.7 Å². The molecule has 0 radical (unpaired) electrons. The van der Waals surface area contributed by atoms with Gasteiger partial charge in [-0.05, 0) is 32.4 Å². The molecule has 19 heavy (non-hydrogen) atoms. The van der Waals surface area contributed by atoms with Gasteiger partial charge in [0.2, 0.25) is 0 Å². The first-order valence-electron chi connectivity index (χ1n) is 6.52. The predicted octanol–water partition coefficient (Wildman–Crippen LogP) is 3.79. The van der Waals surface area contributed by atoms with Crippen molar-refractivity contribution >= 4 is 16.9 Å². The van der Waals surface area contributed by atoms with Crippen molar-refractivity contribution in [2.75, 3.05) is 6.61 Å². The molecule has 1 unspecified atom stereocenters. The number of ether oxygens (including phenoxy) is 2. The number of rotatable bonds is 5. The summed E-state index contributed by atoms with van der Waals surface area (Å²) < 4.78 is 16.4. The minimum absolute atomic E-state index is 0.00850. The largest absolute Gasteiger partial charge is 0.486 e. The Balaban J connectivity index is 2.48. The van der Waals surface area contributed by atoms with Crippen LogP contribution in [-0.4, -0.2) is 18.7 Å². The molecule has 1 aromatic heterocycles. The summed E-state index contributed by atoms with van der Waals surface area (Å²) in [5.74, 6) is 0.128. The van der Waals surface area contributed by atoms with Gasteiger partial charge >= 0.3 is 5.97 Å². The van der Waals surface area contributed by atoms with Crippen molar-refractivity contribution in [3.05, 3.63) is 30.0 Å². The van der Waals surface area contributed by atoms with Gasteiger partial charge in [-0.15, -0.1) is 0 Å². The lowest BCUT2D eigenvalue weighted by atomic mass is 10.2. The summed E-state index contributed by atoms with van der Waals surface area (Å²) in [5, 5.41) is 0.797. The van der Waals surface area contributed by atoms with Gasteiger partial charge in [0.15, 0.2) is 5.75 Å². The Morgan fingerprint density at radius 2 is 2.05 bits per heavy atom. The van der Waals surface area contributed by atoms with E-state index >= 15 is 0 Å². The number of benzene rings is 1. The van der Waals surface area contributed by atoms with Gasteiger partial charge in [-0.3, -0.25) is 0 Å². The highest BCUT2D eigenvalue weighted by molar-refractivity contribution is 5.98. The standard InChI is InChI=1S/C15H18O4/c1-4-10(3)18-13-11-8-6-7-9-12(11)19-14(13)15(16)17-5-2/h6-10H,4-5H2,1-3H3. The smallest absolute Gasteiger partial charge is 0.378 e. The summed E-state index contributed by atoms with van der Waals surface area (Å²) in [4.78, 5) is 11.9. The van der Waals surface area contributed by atoms with Crippen molar-refractivity contribution in [1.82, 2.24) is 0 Å². The maximum absolute atomic E-state index is 11.9. The molecule has 0 aliphatic heterocycles. The number of para-hydroxylation sites is 1. The van der Waals surface area contributed by atoms with Gasteiger partial charge in [-0.25, -0.2) is 4.79 Å². The second-order valence-electron chi connectivity index (χ2n) is 4.31. The zero-order chi connectivity index (χ0) is 13.8. The molecular weight excluding hydrogens is 244 g/mol. The van der Waals surface area contributed by atoms with Crippen molar-refractivity contribution in [3.8, 4) is 5.75 Å². The number of carbonyl (C=O) groups excluding carboxylic acids is 1. The molecule has 0 saturated heterocycles. The molecule has 4 heteroatoms. The van der Waals surface area contributed by atoms with Crippen molar-refractivity contribution in [2.45, 2.75) is 33.3 Å². The highest BCUT2D eigenvalue weighted by Crippen LogP contribution is 2.34. The van der Waals surface area contributed by atoms with Crippen LogP contribution in [0.5, 0.6) is 5.75 Å². The van der Waals surface area contributed by atoms with E-state index in [-0.39, 0.29) is 11.9 Å². The number of hydrogen-bond acceptors (Lipinski definition) is 4. The maximum atomic E-state index is 11.9. The van der Waals surface area contributed by atoms with Gasteiger partial charge in [0.25, 0.3) is 5.76 Å². The average Bonchev–Trinajstić information content (AvgIpc) is 2.78. The molecule has 1 heterocycles. The number of hydrogen-bond donors (Lipinski definition) is 0. The third-order valence-electron chi connectivity index (χ3n) is 2.90. The number of furan rings is 1. The van der Waals surface area contributed by atoms with Gasteiger partial charge < -0.3 is 13.9 Å². The van der Waals surface area contributed by atoms with Crippen LogP contribution in [0.3, 0.4) is 0 Å². The molecule has 102 valence electrons. The number of fused-ring (bicyclic) bond motifs is 1. The van der Waals surface area contributed by atoms with E-state index in [1.807, 2.05) is 38.1 Å². The SMILES string of the molecule is CCOC(=O)c1oc2ccccc2c1OC(C)CC. The Bertz CT molecular complexity index is 571. The van der Waals surface area contributed by atoms with Crippen LogP contribution in [0.1, 0.15) is 37.7 Å². The third-order valence-corrected chi connectivity index (χ3v) is 2.90. The zero-order valence-corrected chi connectivity index (χ0v) is 11.4. The Morgan fingerprint density at radius 1 is 1.32 bits per heavy atom. The summed E-state index contributed by atoms with van der Waals surface area (Å²) in [6, 6.07) is 7.42. The fourth-order valence-corrected chi connectivity index (χ4v) is 1.75. The van der Waals surface area contributed by atoms with E-state index in [9.17, 15) is 4.79 Å². The van der Waals surface area contributed by atoms with E-state index < -0.39 is 5.97 Å². The lowest BCUT2D eigenvalue weighted by Gasteiger charge is -2.12. The number of esters is 1. The Hall–Kier alpha value is -1.97. The summed E-state index contributed by atoms with van der Waals surface area (Å²) in [5.41, 5.74) is 0.629. The normalized spacial score (nSPS) is 12.4. The summed E-state index contributed by atoms with van der Waals surface area (Å²) >= 11 is 0. The minimum Gasteiger partial charge on any atom is -0.486 e. The van der Waals surface area contributed by atoms with Crippen molar-refractivity contribution in [1.29, 1.82) is 0 Å². The predicted molar refractivity (Wildman–Crippen MR) is 72.6 cm³/mol. The third kappa shape index (κ3) is 2.72. The van der Waals surface area contributed by atoms with Gasteiger partial charge in [0, 0.05) is 0 Å². The van der Waals surface area contributed by atoms with Crippen molar-refractivity contribution in [2.24, 2.45) is 0 Å². The van der Waals surface area contributed by atoms with E-state index in [1.54, 1.807) is 6.92 Å². The Labute approximate surface area is 112 Å². The maximum Gasteiger partial charge on any atom is 0.378 e. The van der Waals surface area contributed by atoms with Crippen LogP contribution in [-0.2, 0) is 4.74 Å². The lowest BCUT2D eigenvalue weighted by molar-refractivity contribution is 0.0483. The molecular formula is C15H18O4. The van der Waals surface area contributed by atoms with E-state index in [0.717, 1.165) is 11.8 Å². The van der Waals surface area contributed by atoms with Crippen LogP contribution >= 0.6 is 0 Å². The Kier molecular flexibility index (Phi) is 4.10. The average molecular weight is 262 g/mol. The lowest BCUT2D eigenvalue weighted by Crippen LogP contribution is -2.12. The van der Waals surface area contributed by atoms with E-state index in [0.29, 0.717) is 17.9 Å². The van der Waals surface area contributed by atoms with Crippen molar-refractivity contribution in [3.63, 3.8) is 0 Å². The number of carbonyl (C=O) groups is 1. The highest BCUT2D eigenvalue weighted by Gasteiger charge is 2.24. The van der Waals surface area contributed by atoms with E-state index in [1.165, 1.54) is 0 Å². The molecule has 2 rings (SSSR count). The van der Waals surface area contributed by atoms with Crippen LogP contribution in [0.25, 0.3) is 11.0 Å². The fraction of sp³-hybridized carbons (Fsp3) is 0.400. The molecule has 0 N–H and O–H groups in total. The topological polar surface area (TPSA) is 48.7 Å². The molecule has 0 aliphatic rings. The monoisotopic (exact) mass is 262 g/mol. The summed E-state index contributed by atoms with van der Waals surface area (Å²) in [6.07, 6.45) is 0.857. The first-order valence-corrected chi connectivity index (χ1v) is 6.52. The molecule has 1 atom stereocenters. The van der Waals surface area contributed by atoms with Crippen LogP contribution in [0.2, 0.25) is 0 Å². The van der Waals surface area contributed by atoms with Gasteiger partial charge in [0.1, 0.15) is 5.58 Å². The second-order valence-corrected chi connectivity index (χ2v) is 4.31. The van der Waals surface area contributed by atoms with Gasteiger partial charge in [0.05, 0.1) is 18.1 Å². The first kappa shape index (κ1) is 13.5. The van der Waals surface area contributed by atoms with Crippen LogP contribution in [0.15, 0.2) is 28.7 Å². The molecule has 1 aromatic carbocycles. The zero-order valence-electron chi connectivity index (χ0n) is 11.4.